The maximum absolute atomic E-state index is 13.7. The number of hydrogen-bond donors (Lipinski definition) is 3. The van der Waals surface area contributed by atoms with Crippen LogP contribution in [0.3, 0.4) is 0 Å². The topological polar surface area (TPSA) is 85.8 Å². The smallest absolute Gasteiger partial charge is 0.254 e. The van der Waals surface area contributed by atoms with Gasteiger partial charge in [-0.2, -0.15) is 0 Å². The molecule has 0 atom stereocenters. The summed E-state index contributed by atoms with van der Waals surface area (Å²) in [7, 11) is 1.58. The fourth-order valence-corrected chi connectivity index (χ4v) is 3.02. The van der Waals surface area contributed by atoms with Gasteiger partial charge in [0.2, 0.25) is 5.91 Å². The number of benzene rings is 2. The second-order valence-corrected chi connectivity index (χ2v) is 6.79. The number of aliphatic imine (C=N–C) groups is 1. The largest absolute Gasteiger partial charge is 0.353 e. The van der Waals surface area contributed by atoms with Crippen LogP contribution in [0.15, 0.2) is 47.5 Å². The van der Waals surface area contributed by atoms with Crippen LogP contribution in [-0.2, 0) is 17.9 Å². The van der Waals surface area contributed by atoms with E-state index in [9.17, 15) is 18.4 Å². The molecule has 2 amide bonds. The van der Waals surface area contributed by atoms with Crippen molar-refractivity contribution in [1.82, 2.24) is 20.9 Å². The minimum absolute atomic E-state index is 0. The fourth-order valence-electron chi connectivity index (χ4n) is 3.02. The highest BCUT2D eigenvalue weighted by Crippen LogP contribution is 2.10. The van der Waals surface area contributed by atoms with E-state index in [1.807, 2.05) is 12.1 Å². The molecule has 2 aromatic carbocycles. The van der Waals surface area contributed by atoms with E-state index in [0.717, 1.165) is 23.8 Å². The van der Waals surface area contributed by atoms with Crippen molar-refractivity contribution < 1.29 is 18.4 Å². The summed E-state index contributed by atoms with van der Waals surface area (Å²) < 4.78 is 27.0. The van der Waals surface area contributed by atoms with Crippen molar-refractivity contribution in [2.45, 2.75) is 13.1 Å². The van der Waals surface area contributed by atoms with Crippen molar-refractivity contribution >= 4 is 41.8 Å². The van der Waals surface area contributed by atoms with Crippen LogP contribution < -0.4 is 16.0 Å². The van der Waals surface area contributed by atoms with Gasteiger partial charge >= 0.3 is 0 Å². The summed E-state index contributed by atoms with van der Waals surface area (Å²) in [6.07, 6.45) is 0. The second kappa shape index (κ2) is 11.6. The van der Waals surface area contributed by atoms with E-state index in [4.69, 9.17) is 0 Å². The summed E-state index contributed by atoms with van der Waals surface area (Å²) in [4.78, 5) is 29.5. The Balaban J connectivity index is 0.00000341. The highest BCUT2D eigenvalue weighted by atomic mass is 127. The lowest BCUT2D eigenvalue weighted by atomic mass is 10.1. The average molecular weight is 543 g/mol. The molecule has 0 radical (unpaired) electrons. The first-order valence-corrected chi connectivity index (χ1v) is 9.49. The molecule has 0 spiro atoms. The minimum Gasteiger partial charge on any atom is -0.353 e. The van der Waals surface area contributed by atoms with E-state index in [-0.39, 0.29) is 54.4 Å². The second-order valence-electron chi connectivity index (χ2n) is 6.79. The van der Waals surface area contributed by atoms with Gasteiger partial charge < -0.3 is 20.9 Å². The Kier molecular flexibility index (Phi) is 9.16. The molecule has 0 unspecified atom stereocenters. The number of amides is 2. The van der Waals surface area contributed by atoms with Crippen LogP contribution in [0.1, 0.15) is 21.5 Å². The molecular weight excluding hydrogens is 519 g/mol. The number of nitrogens with one attached hydrogen (secondary N) is 3. The van der Waals surface area contributed by atoms with Gasteiger partial charge in [-0.05, 0) is 35.9 Å². The van der Waals surface area contributed by atoms with Crippen molar-refractivity contribution in [2.24, 2.45) is 4.99 Å². The summed E-state index contributed by atoms with van der Waals surface area (Å²) in [5, 5.41) is 8.71. The predicted octanol–water partition coefficient (Wildman–Crippen LogP) is 2.02. The number of guanidine groups is 1. The van der Waals surface area contributed by atoms with Crippen molar-refractivity contribution in [1.29, 1.82) is 0 Å². The van der Waals surface area contributed by atoms with Gasteiger partial charge in [0.25, 0.3) is 5.91 Å². The lowest BCUT2D eigenvalue weighted by Crippen LogP contribution is -2.49. The SMILES string of the molecule is CN=C(NCc1ccc(C(=O)N2CCNC(=O)C2)cc1)NCc1cc(F)ccc1F.I. The first-order chi connectivity index (χ1) is 14.5. The van der Waals surface area contributed by atoms with E-state index < -0.39 is 11.6 Å². The number of carbonyl (C=O) groups excluding carboxylic acids is 2. The maximum atomic E-state index is 13.7. The molecule has 7 nitrogen and oxygen atoms in total. The molecule has 3 N–H and O–H groups in total. The number of halogens is 3. The Morgan fingerprint density at radius 2 is 1.84 bits per heavy atom. The van der Waals surface area contributed by atoms with E-state index in [0.29, 0.717) is 31.2 Å². The first kappa shape index (κ1) is 24.5. The van der Waals surface area contributed by atoms with Gasteiger partial charge in [0, 0.05) is 44.4 Å². The van der Waals surface area contributed by atoms with Gasteiger partial charge in [0.15, 0.2) is 5.96 Å². The zero-order valence-electron chi connectivity index (χ0n) is 17.0. The number of rotatable bonds is 5. The molecule has 0 bridgehead atoms. The molecule has 10 heteroatoms. The summed E-state index contributed by atoms with van der Waals surface area (Å²) in [5.41, 5.74) is 1.62. The summed E-state index contributed by atoms with van der Waals surface area (Å²) in [6.45, 7) is 1.52. The zero-order valence-corrected chi connectivity index (χ0v) is 19.3. The van der Waals surface area contributed by atoms with Gasteiger partial charge in [-0.1, -0.05) is 12.1 Å². The number of hydrogen-bond acceptors (Lipinski definition) is 3. The lowest BCUT2D eigenvalue weighted by Gasteiger charge is -2.26. The van der Waals surface area contributed by atoms with Crippen molar-refractivity contribution in [3.8, 4) is 0 Å². The molecule has 0 aliphatic carbocycles. The maximum Gasteiger partial charge on any atom is 0.254 e. The van der Waals surface area contributed by atoms with E-state index in [1.54, 1.807) is 19.2 Å². The number of nitrogens with zero attached hydrogens (tertiary/aromatic N) is 2. The Labute approximate surface area is 196 Å². The molecule has 166 valence electrons. The van der Waals surface area contributed by atoms with E-state index in [1.165, 1.54) is 4.90 Å². The molecule has 2 aromatic rings. The summed E-state index contributed by atoms with van der Waals surface area (Å²) in [6, 6.07) is 10.3. The monoisotopic (exact) mass is 543 g/mol. The van der Waals surface area contributed by atoms with Gasteiger partial charge in [-0.3, -0.25) is 14.6 Å². The Hall–Kier alpha value is -2.76. The van der Waals surface area contributed by atoms with E-state index >= 15 is 0 Å². The molecular formula is C21H24F2IN5O2. The Morgan fingerprint density at radius 3 is 2.52 bits per heavy atom. The molecule has 0 saturated carbocycles. The minimum atomic E-state index is -0.504. The van der Waals surface area contributed by atoms with Crippen molar-refractivity contribution in [3.05, 3.63) is 70.8 Å². The molecule has 1 fully saturated rings. The fraction of sp³-hybridized carbons (Fsp3) is 0.286. The third kappa shape index (κ3) is 6.88. The van der Waals surface area contributed by atoms with Gasteiger partial charge in [-0.15, -0.1) is 24.0 Å². The van der Waals surface area contributed by atoms with Crippen LogP contribution in [-0.4, -0.2) is 49.4 Å². The molecule has 1 heterocycles. The van der Waals surface area contributed by atoms with Crippen LogP contribution in [0.2, 0.25) is 0 Å². The molecule has 31 heavy (non-hydrogen) atoms. The lowest BCUT2D eigenvalue weighted by molar-refractivity contribution is -0.123. The molecule has 1 aliphatic rings. The van der Waals surface area contributed by atoms with E-state index in [2.05, 4.69) is 20.9 Å². The normalized spacial score (nSPS) is 13.8. The van der Waals surface area contributed by atoms with Crippen LogP contribution in [0, 0.1) is 11.6 Å². The third-order valence-corrected chi connectivity index (χ3v) is 4.66. The Bertz CT molecular complexity index is 953. The predicted molar refractivity (Wildman–Crippen MR) is 124 cm³/mol. The summed E-state index contributed by atoms with van der Waals surface area (Å²) in [5.74, 6) is -0.911. The van der Waals surface area contributed by atoms with Gasteiger partial charge in [0.05, 0.1) is 6.54 Å². The zero-order chi connectivity index (χ0) is 21.5. The quantitative estimate of drug-likeness (QED) is 0.306. The third-order valence-electron chi connectivity index (χ3n) is 4.66. The molecule has 1 aliphatic heterocycles. The number of carbonyl (C=O) groups is 2. The summed E-state index contributed by atoms with van der Waals surface area (Å²) >= 11 is 0. The highest BCUT2D eigenvalue weighted by molar-refractivity contribution is 14.0. The van der Waals surface area contributed by atoms with Crippen LogP contribution >= 0.6 is 24.0 Å². The van der Waals surface area contributed by atoms with Crippen molar-refractivity contribution in [2.75, 3.05) is 26.7 Å². The average Bonchev–Trinajstić information content (AvgIpc) is 2.76. The van der Waals surface area contributed by atoms with Gasteiger partial charge in [0.1, 0.15) is 11.6 Å². The van der Waals surface area contributed by atoms with Gasteiger partial charge in [-0.25, -0.2) is 8.78 Å². The molecule has 0 aromatic heterocycles. The number of piperazine rings is 1. The Morgan fingerprint density at radius 1 is 1.13 bits per heavy atom. The van der Waals surface area contributed by atoms with Crippen LogP contribution in [0.5, 0.6) is 0 Å². The molecule has 3 rings (SSSR count). The first-order valence-electron chi connectivity index (χ1n) is 9.49. The van der Waals surface area contributed by atoms with Crippen LogP contribution in [0.4, 0.5) is 8.78 Å². The highest BCUT2D eigenvalue weighted by Gasteiger charge is 2.22. The van der Waals surface area contributed by atoms with Crippen LogP contribution in [0.25, 0.3) is 0 Å². The standard InChI is InChI=1S/C21H23F2N5O2.HI/c1-24-21(27-12-16-10-17(22)6-7-18(16)23)26-11-14-2-4-15(5-3-14)20(30)28-9-8-25-19(29)13-28;/h2-7,10H,8-9,11-13H2,1H3,(H,25,29)(H2,24,26,27);1H. The molecule has 1 saturated heterocycles. The van der Waals surface area contributed by atoms with Crippen molar-refractivity contribution in [3.63, 3.8) is 0 Å².